The standard InChI is InChI=1S/C25H32N4O2.HI/c1-2-26-25(29-16-14-20-5-3-4-6-21(20)17-29)27-15-13-19-7-11-23(12-8-19)31-18-24(30)28-22-9-10-22;/h3-8,11-12,22H,2,9-10,13-18H2,1H3,(H,26,27)(H,28,30);1H. The third-order valence-corrected chi connectivity index (χ3v) is 5.66. The summed E-state index contributed by atoms with van der Waals surface area (Å²) in [5.41, 5.74) is 4.04. The average molecular weight is 548 g/mol. The van der Waals surface area contributed by atoms with E-state index in [1.165, 1.54) is 16.7 Å². The number of nitrogens with one attached hydrogen (secondary N) is 2. The molecular formula is C25H33IN4O2. The first-order chi connectivity index (χ1) is 15.2. The van der Waals surface area contributed by atoms with E-state index in [0.717, 1.165) is 63.6 Å². The predicted octanol–water partition coefficient (Wildman–Crippen LogP) is 3.53. The number of rotatable bonds is 8. The summed E-state index contributed by atoms with van der Waals surface area (Å²) in [6.07, 6.45) is 4.09. The fraction of sp³-hybridized carbons (Fsp3) is 0.440. The Morgan fingerprint density at radius 3 is 2.59 bits per heavy atom. The van der Waals surface area contributed by atoms with Crippen LogP contribution >= 0.6 is 24.0 Å². The molecule has 1 heterocycles. The Labute approximate surface area is 207 Å². The second-order valence-corrected chi connectivity index (χ2v) is 8.20. The molecule has 0 saturated heterocycles. The van der Waals surface area contributed by atoms with Crippen LogP contribution in [0.4, 0.5) is 0 Å². The molecule has 2 aliphatic rings. The molecule has 2 N–H and O–H groups in total. The topological polar surface area (TPSA) is 66.0 Å². The highest BCUT2D eigenvalue weighted by atomic mass is 127. The van der Waals surface area contributed by atoms with Crippen molar-refractivity contribution in [3.05, 3.63) is 65.2 Å². The van der Waals surface area contributed by atoms with Gasteiger partial charge in [-0.05, 0) is 61.4 Å². The Morgan fingerprint density at radius 1 is 1.12 bits per heavy atom. The van der Waals surface area contributed by atoms with Crippen molar-refractivity contribution in [3.8, 4) is 5.75 Å². The van der Waals surface area contributed by atoms with Crippen LogP contribution in [0.15, 0.2) is 53.5 Å². The third-order valence-electron chi connectivity index (χ3n) is 5.66. The van der Waals surface area contributed by atoms with Gasteiger partial charge in [-0.1, -0.05) is 36.4 Å². The summed E-state index contributed by atoms with van der Waals surface area (Å²) >= 11 is 0. The summed E-state index contributed by atoms with van der Waals surface area (Å²) in [7, 11) is 0. The van der Waals surface area contributed by atoms with Gasteiger partial charge in [0.1, 0.15) is 5.75 Å². The third kappa shape index (κ3) is 7.12. The minimum absolute atomic E-state index is 0. The van der Waals surface area contributed by atoms with E-state index in [9.17, 15) is 4.79 Å². The molecule has 1 amide bonds. The van der Waals surface area contributed by atoms with Gasteiger partial charge in [-0.2, -0.15) is 0 Å². The molecule has 0 radical (unpaired) electrons. The number of benzene rings is 2. The number of aliphatic imine (C=N–C) groups is 1. The maximum Gasteiger partial charge on any atom is 0.258 e. The molecule has 0 aromatic heterocycles. The number of fused-ring (bicyclic) bond motifs is 1. The van der Waals surface area contributed by atoms with E-state index >= 15 is 0 Å². The van der Waals surface area contributed by atoms with Gasteiger partial charge in [-0.15, -0.1) is 24.0 Å². The first kappa shape index (κ1) is 24.4. The van der Waals surface area contributed by atoms with Crippen LogP contribution in [0.5, 0.6) is 5.75 Å². The van der Waals surface area contributed by atoms with Crippen LogP contribution in [0.2, 0.25) is 0 Å². The Hall–Kier alpha value is -2.29. The number of hydrogen-bond donors (Lipinski definition) is 2. The molecule has 0 bridgehead atoms. The normalized spacial score (nSPS) is 15.4. The van der Waals surface area contributed by atoms with Crippen LogP contribution in [-0.2, 0) is 24.2 Å². The van der Waals surface area contributed by atoms with E-state index in [-0.39, 0.29) is 36.5 Å². The van der Waals surface area contributed by atoms with Crippen LogP contribution in [0.3, 0.4) is 0 Å². The van der Waals surface area contributed by atoms with Gasteiger partial charge in [0.25, 0.3) is 5.91 Å². The molecule has 0 atom stereocenters. The molecule has 4 rings (SSSR count). The van der Waals surface area contributed by atoms with Crippen LogP contribution in [-0.4, -0.2) is 49.0 Å². The zero-order valence-electron chi connectivity index (χ0n) is 18.7. The maximum atomic E-state index is 11.7. The molecule has 1 saturated carbocycles. The summed E-state index contributed by atoms with van der Waals surface area (Å²) in [6.45, 7) is 5.66. The van der Waals surface area contributed by atoms with Gasteiger partial charge in [-0.3, -0.25) is 9.79 Å². The van der Waals surface area contributed by atoms with Gasteiger partial charge in [0.15, 0.2) is 12.6 Å². The molecule has 1 fully saturated rings. The van der Waals surface area contributed by atoms with Gasteiger partial charge in [0.2, 0.25) is 0 Å². The lowest BCUT2D eigenvalue weighted by Crippen LogP contribution is -2.44. The highest BCUT2D eigenvalue weighted by Gasteiger charge is 2.23. The van der Waals surface area contributed by atoms with E-state index in [1.54, 1.807) is 0 Å². The number of carbonyl (C=O) groups excluding carboxylic acids is 1. The lowest BCUT2D eigenvalue weighted by molar-refractivity contribution is -0.123. The van der Waals surface area contributed by atoms with E-state index in [2.05, 4.69) is 46.7 Å². The van der Waals surface area contributed by atoms with Gasteiger partial charge in [0, 0.05) is 32.2 Å². The minimum Gasteiger partial charge on any atom is -0.484 e. The van der Waals surface area contributed by atoms with Crippen molar-refractivity contribution in [2.24, 2.45) is 4.99 Å². The summed E-state index contributed by atoms with van der Waals surface area (Å²) in [6, 6.07) is 17.0. The molecule has 7 heteroatoms. The Morgan fingerprint density at radius 2 is 1.88 bits per heavy atom. The summed E-state index contributed by atoms with van der Waals surface area (Å²) in [5.74, 6) is 1.66. The van der Waals surface area contributed by atoms with Gasteiger partial charge < -0.3 is 20.3 Å². The zero-order chi connectivity index (χ0) is 21.5. The summed E-state index contributed by atoms with van der Waals surface area (Å²) < 4.78 is 5.58. The van der Waals surface area contributed by atoms with Crippen LogP contribution in [0.25, 0.3) is 0 Å². The molecular weight excluding hydrogens is 515 g/mol. The maximum absolute atomic E-state index is 11.7. The quantitative estimate of drug-likeness (QED) is 0.301. The van der Waals surface area contributed by atoms with Crippen molar-refractivity contribution in [1.29, 1.82) is 0 Å². The molecule has 1 aliphatic carbocycles. The van der Waals surface area contributed by atoms with Gasteiger partial charge in [-0.25, -0.2) is 0 Å². The molecule has 2 aromatic rings. The molecule has 32 heavy (non-hydrogen) atoms. The number of halogens is 1. The van der Waals surface area contributed by atoms with Crippen molar-refractivity contribution in [1.82, 2.24) is 15.5 Å². The second kappa shape index (κ2) is 12.1. The van der Waals surface area contributed by atoms with Crippen LogP contribution < -0.4 is 15.4 Å². The predicted molar refractivity (Wildman–Crippen MR) is 139 cm³/mol. The van der Waals surface area contributed by atoms with E-state index in [4.69, 9.17) is 9.73 Å². The number of hydrogen-bond acceptors (Lipinski definition) is 3. The molecule has 1 aliphatic heterocycles. The van der Waals surface area contributed by atoms with E-state index < -0.39 is 0 Å². The lowest BCUT2D eigenvalue weighted by atomic mass is 10.0. The van der Waals surface area contributed by atoms with E-state index in [0.29, 0.717) is 6.04 Å². The Balaban J connectivity index is 0.00000289. The number of carbonyl (C=O) groups is 1. The number of ether oxygens (including phenoxy) is 1. The smallest absolute Gasteiger partial charge is 0.258 e. The van der Waals surface area contributed by atoms with Crippen LogP contribution in [0.1, 0.15) is 36.5 Å². The Kier molecular flexibility index (Phi) is 9.20. The average Bonchev–Trinajstić information content (AvgIpc) is 3.61. The Bertz CT molecular complexity index is 912. The van der Waals surface area contributed by atoms with Crippen molar-refractivity contribution in [2.45, 2.75) is 45.2 Å². The molecule has 0 spiro atoms. The summed E-state index contributed by atoms with van der Waals surface area (Å²) in [5, 5.41) is 6.37. The van der Waals surface area contributed by atoms with E-state index in [1.807, 2.05) is 24.3 Å². The molecule has 6 nitrogen and oxygen atoms in total. The van der Waals surface area contributed by atoms with Gasteiger partial charge >= 0.3 is 0 Å². The molecule has 0 unspecified atom stereocenters. The number of amides is 1. The minimum atomic E-state index is -0.0443. The molecule has 2 aromatic carbocycles. The van der Waals surface area contributed by atoms with Crippen molar-refractivity contribution in [2.75, 3.05) is 26.2 Å². The first-order valence-corrected chi connectivity index (χ1v) is 11.3. The van der Waals surface area contributed by atoms with Gasteiger partial charge in [0.05, 0.1) is 0 Å². The van der Waals surface area contributed by atoms with Crippen molar-refractivity contribution >= 4 is 35.8 Å². The zero-order valence-corrected chi connectivity index (χ0v) is 21.0. The van der Waals surface area contributed by atoms with Crippen molar-refractivity contribution < 1.29 is 9.53 Å². The highest BCUT2D eigenvalue weighted by Crippen LogP contribution is 2.19. The van der Waals surface area contributed by atoms with Crippen molar-refractivity contribution in [3.63, 3.8) is 0 Å². The first-order valence-electron chi connectivity index (χ1n) is 11.3. The number of guanidine groups is 1. The fourth-order valence-corrected chi connectivity index (χ4v) is 3.79. The SMILES string of the molecule is CCNC(=NCCc1ccc(OCC(=O)NC2CC2)cc1)N1CCc2ccccc2C1.I. The monoisotopic (exact) mass is 548 g/mol. The summed E-state index contributed by atoms with van der Waals surface area (Å²) in [4.78, 5) is 18.9. The largest absolute Gasteiger partial charge is 0.484 e. The lowest BCUT2D eigenvalue weighted by Gasteiger charge is -2.31. The highest BCUT2D eigenvalue weighted by molar-refractivity contribution is 14.0. The fourth-order valence-electron chi connectivity index (χ4n) is 3.79. The molecule has 172 valence electrons. The second-order valence-electron chi connectivity index (χ2n) is 8.20. The van der Waals surface area contributed by atoms with Crippen LogP contribution in [0, 0.1) is 0 Å². The number of nitrogens with zero attached hydrogens (tertiary/aromatic N) is 2.